The van der Waals surface area contributed by atoms with Gasteiger partial charge in [0.15, 0.2) is 0 Å². The van der Waals surface area contributed by atoms with Crippen LogP contribution in [0, 0.1) is 23.2 Å². The number of aliphatic carboxylic acids is 1. The molecule has 0 heterocycles. The minimum absolute atomic E-state index is 0.116. The number of carbonyl (C=O) groups is 2. The Kier molecular flexibility index (Phi) is 4.37. The molecule has 1 amide bonds. The Bertz CT molecular complexity index is 338. The lowest BCUT2D eigenvalue weighted by Crippen LogP contribution is -2.40. The smallest absolute Gasteiger partial charge is 0.307 e. The van der Waals surface area contributed by atoms with Crippen LogP contribution in [-0.4, -0.2) is 34.7 Å². The van der Waals surface area contributed by atoms with Crippen molar-refractivity contribution in [1.82, 2.24) is 5.32 Å². The van der Waals surface area contributed by atoms with E-state index in [0.29, 0.717) is 12.3 Å². The summed E-state index contributed by atoms with van der Waals surface area (Å²) in [6.45, 7) is 7.47. The SMILES string of the molecule is CC(C)CC(CO)NC(=O)[C@H]1[C@@H](C(=O)O)C1(C)C. The first-order valence-electron chi connectivity index (χ1n) is 6.35. The predicted molar refractivity (Wildman–Crippen MR) is 66.9 cm³/mol. The Balaban J connectivity index is 2.59. The number of aliphatic hydroxyl groups is 1. The number of carbonyl (C=O) groups excluding carboxylic acids is 1. The van der Waals surface area contributed by atoms with Crippen molar-refractivity contribution in [2.45, 2.75) is 40.2 Å². The zero-order chi connectivity index (χ0) is 14.1. The van der Waals surface area contributed by atoms with Gasteiger partial charge in [-0.2, -0.15) is 0 Å². The van der Waals surface area contributed by atoms with Gasteiger partial charge in [-0.25, -0.2) is 0 Å². The van der Waals surface area contributed by atoms with E-state index in [4.69, 9.17) is 5.11 Å². The van der Waals surface area contributed by atoms with Gasteiger partial charge in [0.1, 0.15) is 0 Å². The molecule has 1 rings (SSSR count). The van der Waals surface area contributed by atoms with Gasteiger partial charge < -0.3 is 15.5 Å². The molecule has 0 aromatic rings. The fourth-order valence-electron chi connectivity index (χ4n) is 2.63. The lowest BCUT2D eigenvalue weighted by molar-refractivity contribution is -0.140. The van der Waals surface area contributed by atoms with Gasteiger partial charge in [0.05, 0.1) is 24.5 Å². The quantitative estimate of drug-likeness (QED) is 0.659. The minimum atomic E-state index is -0.926. The van der Waals surface area contributed by atoms with Crippen LogP contribution in [0.2, 0.25) is 0 Å². The van der Waals surface area contributed by atoms with Gasteiger partial charge in [-0.15, -0.1) is 0 Å². The van der Waals surface area contributed by atoms with Crippen LogP contribution in [-0.2, 0) is 9.59 Å². The number of carboxylic acid groups (broad SMARTS) is 1. The number of hydrogen-bond donors (Lipinski definition) is 3. The summed E-state index contributed by atoms with van der Waals surface area (Å²) in [4.78, 5) is 23.0. The normalized spacial score (nSPS) is 26.8. The van der Waals surface area contributed by atoms with Crippen molar-refractivity contribution in [3.8, 4) is 0 Å². The second-order valence-electron chi connectivity index (χ2n) is 6.13. The summed E-state index contributed by atoms with van der Waals surface area (Å²) in [6, 6.07) is -0.289. The number of aliphatic hydroxyl groups excluding tert-OH is 1. The van der Waals surface area contributed by atoms with E-state index in [9.17, 15) is 14.7 Å². The Labute approximate surface area is 108 Å². The molecule has 0 spiro atoms. The molecule has 0 aromatic carbocycles. The molecule has 3 atom stereocenters. The molecule has 1 aliphatic rings. The maximum atomic E-state index is 12.0. The number of rotatable bonds is 6. The van der Waals surface area contributed by atoms with Gasteiger partial charge >= 0.3 is 5.97 Å². The Morgan fingerprint density at radius 1 is 1.28 bits per heavy atom. The summed E-state index contributed by atoms with van der Waals surface area (Å²) in [7, 11) is 0. The van der Waals surface area contributed by atoms with Crippen molar-refractivity contribution in [2.24, 2.45) is 23.2 Å². The maximum absolute atomic E-state index is 12.0. The molecule has 1 aliphatic carbocycles. The number of carboxylic acids is 1. The van der Waals surface area contributed by atoms with Crippen LogP contribution >= 0.6 is 0 Å². The van der Waals surface area contributed by atoms with Gasteiger partial charge in [-0.3, -0.25) is 9.59 Å². The zero-order valence-electron chi connectivity index (χ0n) is 11.4. The molecule has 0 aromatic heterocycles. The lowest BCUT2D eigenvalue weighted by atomic mass is 10.0. The highest BCUT2D eigenvalue weighted by Gasteiger charge is 2.65. The lowest BCUT2D eigenvalue weighted by Gasteiger charge is -2.18. The molecule has 1 unspecified atom stereocenters. The van der Waals surface area contributed by atoms with Crippen LogP contribution in [0.1, 0.15) is 34.1 Å². The van der Waals surface area contributed by atoms with Crippen molar-refractivity contribution in [3.05, 3.63) is 0 Å². The molecule has 0 saturated heterocycles. The zero-order valence-corrected chi connectivity index (χ0v) is 11.4. The van der Waals surface area contributed by atoms with Gasteiger partial charge in [-0.05, 0) is 17.8 Å². The topological polar surface area (TPSA) is 86.6 Å². The van der Waals surface area contributed by atoms with Gasteiger partial charge in [0.2, 0.25) is 5.91 Å². The van der Waals surface area contributed by atoms with Crippen molar-refractivity contribution >= 4 is 11.9 Å². The molecule has 104 valence electrons. The number of nitrogens with one attached hydrogen (secondary N) is 1. The molecule has 0 radical (unpaired) electrons. The van der Waals surface area contributed by atoms with E-state index < -0.39 is 23.2 Å². The summed E-state index contributed by atoms with van der Waals surface area (Å²) in [5, 5.41) is 21.0. The van der Waals surface area contributed by atoms with Crippen molar-refractivity contribution in [3.63, 3.8) is 0 Å². The maximum Gasteiger partial charge on any atom is 0.307 e. The molecule has 0 bridgehead atoms. The third-order valence-corrected chi connectivity index (χ3v) is 3.70. The largest absolute Gasteiger partial charge is 0.481 e. The van der Waals surface area contributed by atoms with Gasteiger partial charge in [0.25, 0.3) is 0 Å². The Morgan fingerprint density at radius 2 is 1.83 bits per heavy atom. The van der Waals surface area contributed by atoms with Crippen molar-refractivity contribution in [1.29, 1.82) is 0 Å². The van der Waals surface area contributed by atoms with E-state index in [-0.39, 0.29) is 18.6 Å². The minimum Gasteiger partial charge on any atom is -0.481 e. The Morgan fingerprint density at radius 3 is 2.17 bits per heavy atom. The highest BCUT2D eigenvalue weighted by Crippen LogP contribution is 2.58. The number of amides is 1. The monoisotopic (exact) mass is 257 g/mol. The van der Waals surface area contributed by atoms with Crippen LogP contribution in [0.4, 0.5) is 0 Å². The molecule has 0 aliphatic heterocycles. The third kappa shape index (κ3) is 3.02. The second-order valence-corrected chi connectivity index (χ2v) is 6.13. The van der Waals surface area contributed by atoms with Crippen molar-refractivity contribution in [2.75, 3.05) is 6.61 Å². The first-order valence-corrected chi connectivity index (χ1v) is 6.35. The van der Waals surface area contributed by atoms with E-state index >= 15 is 0 Å². The standard InChI is InChI=1S/C13H23NO4/c1-7(2)5-8(6-15)14-11(16)9-10(12(17)18)13(9,3)4/h7-10,15H,5-6H2,1-4H3,(H,14,16)(H,17,18)/t8?,9-,10+/m1/s1. The van der Waals surface area contributed by atoms with Crippen LogP contribution in [0.25, 0.3) is 0 Å². The fourth-order valence-corrected chi connectivity index (χ4v) is 2.63. The number of hydrogen-bond acceptors (Lipinski definition) is 3. The molecular weight excluding hydrogens is 234 g/mol. The molecule has 1 saturated carbocycles. The highest BCUT2D eigenvalue weighted by atomic mass is 16.4. The molecule has 18 heavy (non-hydrogen) atoms. The predicted octanol–water partition coefficient (Wildman–Crippen LogP) is 0.866. The first kappa shape index (κ1) is 15.0. The van der Waals surface area contributed by atoms with E-state index in [1.165, 1.54) is 0 Å². The summed E-state index contributed by atoms with van der Waals surface area (Å²) in [5.41, 5.74) is -0.492. The van der Waals surface area contributed by atoms with Crippen molar-refractivity contribution < 1.29 is 19.8 Å². The molecule has 1 fully saturated rings. The van der Waals surface area contributed by atoms with Crippen LogP contribution < -0.4 is 5.32 Å². The summed E-state index contributed by atoms with van der Waals surface area (Å²) >= 11 is 0. The summed E-state index contributed by atoms with van der Waals surface area (Å²) < 4.78 is 0. The summed E-state index contributed by atoms with van der Waals surface area (Å²) in [5.74, 6) is -1.92. The summed E-state index contributed by atoms with van der Waals surface area (Å²) in [6.07, 6.45) is 0.688. The average molecular weight is 257 g/mol. The van der Waals surface area contributed by atoms with Gasteiger partial charge in [0, 0.05) is 0 Å². The van der Waals surface area contributed by atoms with E-state index in [0.717, 1.165) is 0 Å². The molecule has 5 nitrogen and oxygen atoms in total. The van der Waals surface area contributed by atoms with E-state index in [1.807, 2.05) is 13.8 Å². The molecule has 3 N–H and O–H groups in total. The van der Waals surface area contributed by atoms with Gasteiger partial charge in [-0.1, -0.05) is 27.7 Å². The van der Waals surface area contributed by atoms with Crippen LogP contribution in [0.5, 0.6) is 0 Å². The Hall–Kier alpha value is -1.10. The molecule has 5 heteroatoms. The average Bonchev–Trinajstić information content (AvgIpc) is 2.80. The highest BCUT2D eigenvalue weighted by molar-refractivity contribution is 5.91. The van der Waals surface area contributed by atoms with E-state index in [1.54, 1.807) is 13.8 Å². The van der Waals surface area contributed by atoms with E-state index in [2.05, 4.69) is 5.32 Å². The first-order chi connectivity index (χ1) is 8.21. The fraction of sp³-hybridized carbons (Fsp3) is 0.846. The molecular formula is C13H23NO4. The van der Waals surface area contributed by atoms with Crippen LogP contribution in [0.3, 0.4) is 0 Å². The third-order valence-electron chi connectivity index (χ3n) is 3.70. The van der Waals surface area contributed by atoms with Crippen LogP contribution in [0.15, 0.2) is 0 Å². The second kappa shape index (κ2) is 5.26.